The molecule has 0 aromatic carbocycles. The maximum atomic E-state index is 11.5. The van der Waals surface area contributed by atoms with Crippen molar-refractivity contribution in [2.45, 2.75) is 6.36 Å². The van der Waals surface area contributed by atoms with Crippen molar-refractivity contribution < 1.29 is 35.5 Å². The fourth-order valence-corrected chi connectivity index (χ4v) is 0.346. The molecule has 0 heterocycles. The second kappa shape index (κ2) is 4.15. The lowest BCUT2D eigenvalue weighted by molar-refractivity contribution is -0.304. The Labute approximate surface area is 67.1 Å². The Morgan fingerprint density at radius 2 is 1.46 bits per heavy atom. The molecule has 0 amide bonds. The SMILES string of the molecule is FC(F)=CC(OC(F)(F)F)=C(F)F. The average molecular weight is 210 g/mol. The van der Waals surface area contributed by atoms with E-state index in [-0.39, 0.29) is 0 Å². The van der Waals surface area contributed by atoms with Crippen LogP contribution in [0.3, 0.4) is 0 Å². The van der Waals surface area contributed by atoms with Gasteiger partial charge in [0, 0.05) is 0 Å². The van der Waals surface area contributed by atoms with Gasteiger partial charge >= 0.3 is 12.4 Å². The van der Waals surface area contributed by atoms with Gasteiger partial charge in [0.1, 0.15) is 0 Å². The summed E-state index contributed by atoms with van der Waals surface area (Å²) < 4.78 is 81.8. The van der Waals surface area contributed by atoms with E-state index in [1.165, 1.54) is 0 Å². The number of hydrogen-bond donors (Lipinski definition) is 0. The molecule has 0 aliphatic heterocycles. The van der Waals surface area contributed by atoms with E-state index < -0.39 is 30.4 Å². The molecule has 1 nitrogen and oxygen atoms in total. The minimum Gasteiger partial charge on any atom is -0.400 e. The van der Waals surface area contributed by atoms with Gasteiger partial charge in [-0.25, -0.2) is 0 Å². The molecular weight excluding hydrogens is 209 g/mol. The van der Waals surface area contributed by atoms with E-state index in [2.05, 4.69) is 4.74 Å². The number of rotatable bonds is 2. The molecular formula is C5HF7O. The molecule has 0 aromatic heterocycles. The van der Waals surface area contributed by atoms with Gasteiger partial charge in [-0.1, -0.05) is 0 Å². The third-order valence-corrected chi connectivity index (χ3v) is 0.652. The van der Waals surface area contributed by atoms with Crippen molar-refractivity contribution in [1.29, 1.82) is 0 Å². The number of halogens is 7. The third-order valence-electron chi connectivity index (χ3n) is 0.652. The van der Waals surface area contributed by atoms with Gasteiger partial charge in [0.25, 0.3) is 6.08 Å². The van der Waals surface area contributed by atoms with Crippen LogP contribution in [0.25, 0.3) is 0 Å². The Hall–Kier alpha value is -1.21. The van der Waals surface area contributed by atoms with Crippen LogP contribution in [-0.2, 0) is 4.74 Å². The molecule has 0 bridgehead atoms. The predicted molar refractivity (Wildman–Crippen MR) is 26.7 cm³/mol. The van der Waals surface area contributed by atoms with Gasteiger partial charge < -0.3 is 4.74 Å². The topological polar surface area (TPSA) is 9.23 Å². The molecule has 0 spiro atoms. The molecule has 0 unspecified atom stereocenters. The molecule has 0 aliphatic rings. The van der Waals surface area contributed by atoms with E-state index in [1.54, 1.807) is 0 Å². The van der Waals surface area contributed by atoms with Crippen LogP contribution in [0.2, 0.25) is 0 Å². The second-order valence-electron chi connectivity index (χ2n) is 1.61. The number of hydrogen-bond acceptors (Lipinski definition) is 1. The van der Waals surface area contributed by atoms with E-state index in [9.17, 15) is 30.7 Å². The van der Waals surface area contributed by atoms with Gasteiger partial charge in [0.05, 0.1) is 6.08 Å². The molecule has 0 atom stereocenters. The number of ether oxygens (including phenoxy) is 1. The quantitative estimate of drug-likeness (QED) is 0.385. The summed E-state index contributed by atoms with van der Waals surface area (Å²) in [6.45, 7) is 0. The van der Waals surface area contributed by atoms with Crippen LogP contribution < -0.4 is 0 Å². The van der Waals surface area contributed by atoms with Crippen molar-refractivity contribution in [3.63, 3.8) is 0 Å². The molecule has 0 radical (unpaired) electrons. The fraction of sp³-hybridized carbons (Fsp3) is 0.200. The van der Waals surface area contributed by atoms with Crippen molar-refractivity contribution in [3.8, 4) is 0 Å². The maximum Gasteiger partial charge on any atom is 0.573 e. The molecule has 8 heteroatoms. The van der Waals surface area contributed by atoms with Crippen molar-refractivity contribution in [3.05, 3.63) is 24.0 Å². The van der Waals surface area contributed by atoms with E-state index in [0.29, 0.717) is 0 Å². The van der Waals surface area contributed by atoms with Gasteiger partial charge in [0.15, 0.2) is 5.76 Å². The van der Waals surface area contributed by atoms with Crippen LogP contribution in [0.5, 0.6) is 0 Å². The highest BCUT2D eigenvalue weighted by Gasteiger charge is 2.33. The van der Waals surface area contributed by atoms with Crippen LogP contribution in [0, 0.1) is 0 Å². The summed E-state index contributed by atoms with van der Waals surface area (Å²) in [6.07, 6.45) is -11.8. The van der Waals surface area contributed by atoms with E-state index in [0.717, 1.165) is 0 Å². The Morgan fingerprint density at radius 1 is 1.00 bits per heavy atom. The van der Waals surface area contributed by atoms with Crippen LogP contribution in [0.1, 0.15) is 0 Å². The van der Waals surface area contributed by atoms with Gasteiger partial charge in [-0.3, -0.25) is 0 Å². The zero-order valence-electron chi connectivity index (χ0n) is 5.63. The van der Waals surface area contributed by atoms with Gasteiger partial charge in [-0.15, -0.1) is 13.2 Å². The normalized spacial score (nSPS) is 10.7. The third kappa shape index (κ3) is 6.00. The lowest BCUT2D eigenvalue weighted by Crippen LogP contribution is -2.12. The highest BCUT2D eigenvalue weighted by Crippen LogP contribution is 2.25. The summed E-state index contributed by atoms with van der Waals surface area (Å²) in [7, 11) is 0. The summed E-state index contributed by atoms with van der Waals surface area (Å²) in [5.41, 5.74) is 0. The lowest BCUT2D eigenvalue weighted by atomic mass is 10.5. The Bertz CT molecular complexity index is 230. The van der Waals surface area contributed by atoms with E-state index in [4.69, 9.17) is 0 Å². The zero-order valence-corrected chi connectivity index (χ0v) is 5.63. The molecule has 0 saturated carbocycles. The fourth-order valence-electron chi connectivity index (χ4n) is 0.346. The van der Waals surface area contributed by atoms with Gasteiger partial charge in [-0.05, 0) is 0 Å². The molecule has 0 rings (SSSR count). The van der Waals surface area contributed by atoms with Crippen molar-refractivity contribution in [2.75, 3.05) is 0 Å². The maximum absolute atomic E-state index is 11.5. The van der Waals surface area contributed by atoms with Gasteiger partial charge in [-0.2, -0.15) is 17.6 Å². The second-order valence-corrected chi connectivity index (χ2v) is 1.61. The molecule has 0 N–H and O–H groups in total. The molecule has 0 aliphatic carbocycles. The summed E-state index contributed by atoms with van der Waals surface area (Å²) >= 11 is 0. The highest BCUT2D eigenvalue weighted by atomic mass is 19.4. The summed E-state index contributed by atoms with van der Waals surface area (Å²) in [6, 6.07) is 0. The summed E-state index contributed by atoms with van der Waals surface area (Å²) in [5.74, 6) is -2.22. The Kier molecular flexibility index (Phi) is 3.76. The minimum atomic E-state index is -5.43. The Balaban J connectivity index is 4.69. The molecule has 76 valence electrons. The monoisotopic (exact) mass is 210 g/mol. The lowest BCUT2D eigenvalue weighted by Gasteiger charge is -2.07. The van der Waals surface area contributed by atoms with Crippen molar-refractivity contribution in [1.82, 2.24) is 0 Å². The smallest absolute Gasteiger partial charge is 0.400 e. The molecule has 0 aromatic rings. The standard InChI is InChI=1S/C5HF7O/c6-3(7)1-2(4(8)9)13-5(10,11)12/h1H. The first-order valence-corrected chi connectivity index (χ1v) is 2.56. The number of alkyl halides is 3. The predicted octanol–water partition coefficient (Wildman–Crippen LogP) is 3.41. The van der Waals surface area contributed by atoms with E-state index in [1.807, 2.05) is 0 Å². The first-order chi connectivity index (χ1) is 5.72. The zero-order chi connectivity index (χ0) is 10.6. The minimum absolute atomic E-state index is 0.719. The molecule has 0 fully saturated rings. The first-order valence-electron chi connectivity index (χ1n) is 2.56. The van der Waals surface area contributed by atoms with Crippen LogP contribution >= 0.6 is 0 Å². The van der Waals surface area contributed by atoms with E-state index >= 15 is 0 Å². The van der Waals surface area contributed by atoms with Crippen LogP contribution in [0.15, 0.2) is 24.0 Å². The number of allylic oxidation sites excluding steroid dienone is 1. The first kappa shape index (κ1) is 11.8. The summed E-state index contributed by atoms with van der Waals surface area (Å²) in [5, 5.41) is 0. The molecule has 0 saturated heterocycles. The summed E-state index contributed by atoms with van der Waals surface area (Å²) in [4.78, 5) is 0. The van der Waals surface area contributed by atoms with Crippen molar-refractivity contribution >= 4 is 0 Å². The van der Waals surface area contributed by atoms with Crippen molar-refractivity contribution in [2.24, 2.45) is 0 Å². The average Bonchev–Trinajstić information content (AvgIpc) is 1.81. The highest BCUT2D eigenvalue weighted by molar-refractivity contribution is 5.12. The van der Waals surface area contributed by atoms with Gasteiger partial charge in [0.2, 0.25) is 0 Å². The molecule has 13 heavy (non-hydrogen) atoms. The Morgan fingerprint density at radius 3 is 1.69 bits per heavy atom. The van der Waals surface area contributed by atoms with Crippen LogP contribution in [0.4, 0.5) is 30.7 Å². The van der Waals surface area contributed by atoms with Crippen LogP contribution in [-0.4, -0.2) is 6.36 Å². The largest absolute Gasteiger partial charge is 0.573 e.